The van der Waals surface area contributed by atoms with E-state index < -0.39 is 5.25 Å². The molecule has 0 saturated heterocycles. The lowest BCUT2D eigenvalue weighted by atomic mass is 10.1. The van der Waals surface area contributed by atoms with Crippen molar-refractivity contribution in [2.75, 3.05) is 13.2 Å². The first-order valence-electron chi connectivity index (χ1n) is 7.14. The average molecular weight is 315 g/mol. The Balaban J connectivity index is 1.84. The van der Waals surface area contributed by atoms with E-state index in [-0.39, 0.29) is 5.91 Å². The molecule has 1 amide bonds. The first kappa shape index (κ1) is 14.8. The smallest absolute Gasteiger partial charge is 0.235 e. The van der Waals surface area contributed by atoms with Gasteiger partial charge >= 0.3 is 0 Å². The van der Waals surface area contributed by atoms with Crippen molar-refractivity contribution in [1.29, 1.82) is 0 Å². The topological polar surface area (TPSA) is 61.6 Å². The Morgan fingerprint density at radius 2 is 1.77 bits per heavy atom. The molecule has 4 nitrogen and oxygen atoms in total. The number of hydrogen-bond donors (Lipinski definition) is 1. The zero-order valence-corrected chi connectivity index (χ0v) is 12.8. The van der Waals surface area contributed by atoms with Gasteiger partial charge in [0.05, 0.1) is 13.2 Å². The third kappa shape index (κ3) is 3.36. The van der Waals surface area contributed by atoms with E-state index in [0.29, 0.717) is 13.2 Å². The third-order valence-electron chi connectivity index (χ3n) is 3.33. The minimum atomic E-state index is -0.425. The maximum absolute atomic E-state index is 11.8. The van der Waals surface area contributed by atoms with Gasteiger partial charge in [0, 0.05) is 11.3 Å². The van der Waals surface area contributed by atoms with Crippen molar-refractivity contribution in [2.24, 2.45) is 5.73 Å². The van der Waals surface area contributed by atoms with E-state index in [1.807, 2.05) is 48.5 Å². The van der Waals surface area contributed by atoms with E-state index in [9.17, 15) is 4.79 Å². The highest BCUT2D eigenvalue weighted by Gasteiger charge is 2.20. The molecule has 5 heteroatoms. The summed E-state index contributed by atoms with van der Waals surface area (Å²) >= 11 is 1.42. The molecular formula is C17H17NO3S. The molecule has 0 saturated carbocycles. The predicted molar refractivity (Wildman–Crippen MR) is 86.3 cm³/mol. The first-order valence-corrected chi connectivity index (χ1v) is 8.02. The molecule has 22 heavy (non-hydrogen) atoms. The second-order valence-electron chi connectivity index (χ2n) is 4.97. The number of fused-ring (bicyclic) bond motifs is 1. The molecule has 1 aliphatic rings. The zero-order valence-electron chi connectivity index (χ0n) is 12.0. The van der Waals surface area contributed by atoms with E-state index in [1.54, 1.807) is 0 Å². The molecule has 0 bridgehead atoms. The fraction of sp³-hybridized carbons (Fsp3) is 0.235. The van der Waals surface area contributed by atoms with Crippen molar-refractivity contribution >= 4 is 17.7 Å². The van der Waals surface area contributed by atoms with Crippen molar-refractivity contribution in [3.05, 3.63) is 54.1 Å². The summed E-state index contributed by atoms with van der Waals surface area (Å²) in [7, 11) is 0. The number of amides is 1. The van der Waals surface area contributed by atoms with Crippen LogP contribution < -0.4 is 15.2 Å². The Morgan fingerprint density at radius 1 is 1.05 bits per heavy atom. The highest BCUT2D eigenvalue weighted by atomic mass is 32.2. The lowest BCUT2D eigenvalue weighted by Gasteiger charge is -2.15. The van der Waals surface area contributed by atoms with Crippen molar-refractivity contribution in [3.63, 3.8) is 0 Å². The minimum absolute atomic E-state index is 0.358. The molecule has 0 unspecified atom stereocenters. The molecule has 1 aliphatic heterocycles. The van der Waals surface area contributed by atoms with Crippen LogP contribution in [0.4, 0.5) is 0 Å². The van der Waals surface area contributed by atoms with Crippen LogP contribution in [0.2, 0.25) is 0 Å². The summed E-state index contributed by atoms with van der Waals surface area (Å²) in [6.07, 6.45) is 0.866. The number of carbonyl (C=O) groups excluding carboxylic acids is 1. The van der Waals surface area contributed by atoms with Gasteiger partial charge < -0.3 is 15.2 Å². The predicted octanol–water partition coefficient (Wildman–Crippen LogP) is 3.17. The van der Waals surface area contributed by atoms with E-state index in [2.05, 4.69) is 0 Å². The van der Waals surface area contributed by atoms with Crippen LogP contribution in [0.15, 0.2) is 53.4 Å². The standard InChI is InChI=1S/C17H17NO3S/c18-17(19)16(12-5-2-1-3-6-12)22-13-7-8-14-15(11-13)21-10-4-9-20-14/h1-3,5-8,11,16H,4,9-10H2,(H2,18,19)/t16-/m1/s1. The van der Waals surface area contributed by atoms with E-state index in [1.165, 1.54) is 11.8 Å². The van der Waals surface area contributed by atoms with E-state index >= 15 is 0 Å². The Bertz CT molecular complexity index is 660. The number of rotatable bonds is 4. The summed E-state index contributed by atoms with van der Waals surface area (Å²) in [6.45, 7) is 1.30. The molecule has 0 fully saturated rings. The molecular weight excluding hydrogens is 298 g/mol. The number of primary amides is 1. The molecule has 0 spiro atoms. The highest BCUT2D eigenvalue weighted by molar-refractivity contribution is 8.00. The average Bonchev–Trinajstić information content (AvgIpc) is 2.78. The second kappa shape index (κ2) is 6.75. The third-order valence-corrected chi connectivity index (χ3v) is 4.60. The molecule has 0 aromatic heterocycles. The Hall–Kier alpha value is -2.14. The maximum atomic E-state index is 11.8. The number of hydrogen-bond acceptors (Lipinski definition) is 4. The summed E-state index contributed by atoms with van der Waals surface area (Å²) in [5, 5.41) is -0.425. The van der Waals surface area contributed by atoms with Crippen LogP contribution in [0, 0.1) is 0 Å². The molecule has 1 atom stereocenters. The van der Waals surface area contributed by atoms with Crippen molar-refractivity contribution in [1.82, 2.24) is 0 Å². The van der Waals surface area contributed by atoms with E-state index in [4.69, 9.17) is 15.2 Å². The molecule has 114 valence electrons. The van der Waals surface area contributed by atoms with Gasteiger partial charge in [-0.15, -0.1) is 11.8 Å². The quantitative estimate of drug-likeness (QED) is 0.880. The number of thioether (sulfide) groups is 1. The van der Waals surface area contributed by atoms with Crippen molar-refractivity contribution < 1.29 is 14.3 Å². The van der Waals surface area contributed by atoms with Gasteiger partial charge in [-0.2, -0.15) is 0 Å². The number of carbonyl (C=O) groups is 1. The fourth-order valence-electron chi connectivity index (χ4n) is 2.27. The summed E-state index contributed by atoms with van der Waals surface area (Å²) in [5.74, 6) is 1.11. The maximum Gasteiger partial charge on any atom is 0.235 e. The SMILES string of the molecule is NC(=O)[C@H](Sc1ccc2c(c1)OCCCO2)c1ccccc1. The number of ether oxygens (including phenoxy) is 2. The summed E-state index contributed by atoms with van der Waals surface area (Å²) in [5.41, 5.74) is 6.46. The summed E-state index contributed by atoms with van der Waals surface area (Å²) in [6, 6.07) is 15.3. The second-order valence-corrected chi connectivity index (χ2v) is 6.15. The van der Waals surface area contributed by atoms with Crippen molar-refractivity contribution in [2.45, 2.75) is 16.6 Å². The lowest BCUT2D eigenvalue weighted by molar-refractivity contribution is -0.117. The molecule has 1 heterocycles. The Labute approximate surface area is 133 Å². The number of benzene rings is 2. The van der Waals surface area contributed by atoms with Crippen LogP contribution in [0.5, 0.6) is 11.5 Å². The van der Waals surface area contributed by atoms with Crippen LogP contribution >= 0.6 is 11.8 Å². The molecule has 2 aromatic rings. The van der Waals surface area contributed by atoms with Crippen LogP contribution in [0.25, 0.3) is 0 Å². The first-order chi connectivity index (χ1) is 10.7. The summed E-state index contributed by atoms with van der Waals surface area (Å²) < 4.78 is 11.3. The highest BCUT2D eigenvalue weighted by Crippen LogP contribution is 2.39. The molecule has 0 aliphatic carbocycles. The van der Waals surface area contributed by atoms with E-state index in [0.717, 1.165) is 28.4 Å². The van der Waals surface area contributed by atoms with Gasteiger partial charge in [0.2, 0.25) is 5.91 Å². The molecule has 2 aromatic carbocycles. The van der Waals surface area contributed by atoms with Crippen LogP contribution in [0.1, 0.15) is 17.2 Å². The minimum Gasteiger partial charge on any atom is -0.490 e. The lowest BCUT2D eigenvalue weighted by Crippen LogP contribution is -2.18. The molecule has 3 rings (SSSR count). The van der Waals surface area contributed by atoms with Crippen LogP contribution in [0.3, 0.4) is 0 Å². The van der Waals surface area contributed by atoms with Gasteiger partial charge in [0.1, 0.15) is 5.25 Å². The normalized spacial score (nSPS) is 14.9. The van der Waals surface area contributed by atoms with Gasteiger partial charge in [-0.25, -0.2) is 0 Å². The monoisotopic (exact) mass is 315 g/mol. The largest absolute Gasteiger partial charge is 0.490 e. The fourth-order valence-corrected chi connectivity index (χ4v) is 3.27. The van der Waals surface area contributed by atoms with Gasteiger partial charge in [0.25, 0.3) is 0 Å². The van der Waals surface area contributed by atoms with Crippen molar-refractivity contribution in [3.8, 4) is 11.5 Å². The van der Waals surface area contributed by atoms with Gasteiger partial charge in [-0.05, 0) is 23.8 Å². The van der Waals surface area contributed by atoms with Crippen LogP contribution in [-0.2, 0) is 4.79 Å². The summed E-state index contributed by atoms with van der Waals surface area (Å²) in [4.78, 5) is 12.7. The van der Waals surface area contributed by atoms with Crippen LogP contribution in [-0.4, -0.2) is 19.1 Å². The zero-order chi connectivity index (χ0) is 15.4. The Morgan fingerprint density at radius 3 is 2.50 bits per heavy atom. The molecule has 2 N–H and O–H groups in total. The van der Waals surface area contributed by atoms with Gasteiger partial charge in [-0.1, -0.05) is 30.3 Å². The Kier molecular flexibility index (Phi) is 4.53. The van der Waals surface area contributed by atoms with Gasteiger partial charge in [-0.3, -0.25) is 4.79 Å². The molecule has 0 radical (unpaired) electrons. The number of nitrogens with two attached hydrogens (primary N) is 1. The van der Waals surface area contributed by atoms with Gasteiger partial charge in [0.15, 0.2) is 11.5 Å².